The largest absolute Gasteiger partial charge is 0.352 e. The molecule has 0 radical (unpaired) electrons. The summed E-state index contributed by atoms with van der Waals surface area (Å²) in [5.41, 5.74) is 6.12. The summed E-state index contributed by atoms with van der Waals surface area (Å²) in [5.74, 6) is -0.0348. The van der Waals surface area contributed by atoms with Gasteiger partial charge < -0.3 is 11.1 Å². The summed E-state index contributed by atoms with van der Waals surface area (Å²) >= 11 is 0. The Morgan fingerprint density at radius 1 is 1.56 bits per heavy atom. The van der Waals surface area contributed by atoms with Crippen molar-refractivity contribution in [3.63, 3.8) is 0 Å². The van der Waals surface area contributed by atoms with Crippen LogP contribution >= 0.6 is 0 Å². The Hall–Kier alpha value is -1.43. The van der Waals surface area contributed by atoms with E-state index in [0.29, 0.717) is 12.2 Å². The quantitative estimate of drug-likeness (QED) is 0.672. The van der Waals surface area contributed by atoms with Crippen LogP contribution in [-0.4, -0.2) is 26.9 Å². The van der Waals surface area contributed by atoms with Gasteiger partial charge in [0.15, 0.2) is 0 Å². The van der Waals surface area contributed by atoms with E-state index in [-0.39, 0.29) is 18.5 Å². The third-order valence-electron chi connectivity index (χ3n) is 2.75. The third-order valence-corrected chi connectivity index (χ3v) is 2.75. The Balaban J connectivity index is 2.28. The van der Waals surface area contributed by atoms with E-state index in [1.807, 2.05) is 6.92 Å². The molecule has 18 heavy (non-hydrogen) atoms. The molecule has 1 rings (SSSR count). The van der Waals surface area contributed by atoms with Crippen LogP contribution in [0.2, 0.25) is 0 Å². The lowest BCUT2D eigenvalue weighted by atomic mass is 10.1. The number of hydrogen-bond donors (Lipinski definition) is 2. The summed E-state index contributed by atoms with van der Waals surface area (Å²) in [7, 11) is 0. The normalized spacial score (nSPS) is 12.4. The number of nitrogens with one attached hydrogen (secondary N) is 1. The molecule has 6 nitrogen and oxygen atoms in total. The highest BCUT2D eigenvalue weighted by molar-refractivity contribution is 5.75. The fraction of sp³-hybridized carbons (Fsp3) is 0.750. The maximum atomic E-state index is 11.7. The second-order valence-electron chi connectivity index (χ2n) is 4.58. The van der Waals surface area contributed by atoms with Crippen LogP contribution in [0.25, 0.3) is 0 Å². The number of aromatic nitrogens is 3. The van der Waals surface area contributed by atoms with Gasteiger partial charge in [-0.15, -0.1) is 5.10 Å². The van der Waals surface area contributed by atoms with Gasteiger partial charge >= 0.3 is 0 Å². The number of carbonyl (C=O) groups is 1. The number of nitrogens with two attached hydrogens (primary N) is 1. The van der Waals surface area contributed by atoms with Crippen LogP contribution in [0.3, 0.4) is 0 Å². The first-order chi connectivity index (χ1) is 8.65. The summed E-state index contributed by atoms with van der Waals surface area (Å²) in [6, 6.07) is 0.210. The van der Waals surface area contributed by atoms with Gasteiger partial charge in [0.05, 0.1) is 11.9 Å². The number of unbranched alkanes of at least 4 members (excludes halogenated alkanes) is 2. The monoisotopic (exact) mass is 253 g/mol. The molecule has 0 aliphatic rings. The molecule has 0 spiro atoms. The predicted molar refractivity (Wildman–Crippen MR) is 69.7 cm³/mol. The molecular weight excluding hydrogens is 230 g/mol. The average Bonchev–Trinajstić information content (AvgIpc) is 2.76. The molecule has 1 amide bonds. The van der Waals surface area contributed by atoms with Crippen molar-refractivity contribution in [1.29, 1.82) is 0 Å². The Morgan fingerprint density at radius 2 is 2.33 bits per heavy atom. The van der Waals surface area contributed by atoms with E-state index in [9.17, 15) is 4.79 Å². The van der Waals surface area contributed by atoms with Crippen LogP contribution in [-0.2, 0) is 17.9 Å². The zero-order chi connectivity index (χ0) is 13.4. The molecule has 0 fully saturated rings. The van der Waals surface area contributed by atoms with E-state index in [2.05, 4.69) is 22.6 Å². The minimum absolute atomic E-state index is 0.0348. The zero-order valence-electron chi connectivity index (χ0n) is 11.2. The molecule has 1 heterocycles. The number of rotatable bonds is 8. The first kappa shape index (κ1) is 14.6. The smallest absolute Gasteiger partial charge is 0.242 e. The van der Waals surface area contributed by atoms with Crippen molar-refractivity contribution in [1.82, 2.24) is 20.3 Å². The fourth-order valence-corrected chi connectivity index (χ4v) is 1.75. The molecule has 1 aromatic heterocycles. The highest BCUT2D eigenvalue weighted by atomic mass is 16.2. The van der Waals surface area contributed by atoms with Gasteiger partial charge in [0.25, 0.3) is 0 Å². The van der Waals surface area contributed by atoms with Crippen molar-refractivity contribution in [3.8, 4) is 0 Å². The molecule has 0 saturated carbocycles. The van der Waals surface area contributed by atoms with Crippen LogP contribution in [0, 0.1) is 0 Å². The number of hydrogen-bond acceptors (Lipinski definition) is 4. The predicted octanol–water partition coefficient (Wildman–Crippen LogP) is 0.822. The maximum Gasteiger partial charge on any atom is 0.242 e. The molecule has 1 atom stereocenters. The summed E-state index contributed by atoms with van der Waals surface area (Å²) < 4.78 is 1.51. The van der Waals surface area contributed by atoms with E-state index in [1.165, 1.54) is 17.5 Å². The van der Waals surface area contributed by atoms with Crippen LogP contribution < -0.4 is 11.1 Å². The molecule has 1 unspecified atom stereocenters. The van der Waals surface area contributed by atoms with Gasteiger partial charge in [0, 0.05) is 12.6 Å². The van der Waals surface area contributed by atoms with E-state index in [0.717, 1.165) is 12.8 Å². The lowest BCUT2D eigenvalue weighted by molar-refractivity contribution is -0.122. The van der Waals surface area contributed by atoms with Gasteiger partial charge in [0.2, 0.25) is 5.91 Å². The molecule has 0 saturated heterocycles. The first-order valence-electron chi connectivity index (χ1n) is 6.54. The van der Waals surface area contributed by atoms with Gasteiger partial charge in [-0.1, -0.05) is 31.4 Å². The molecule has 0 aliphatic heterocycles. The summed E-state index contributed by atoms with van der Waals surface area (Å²) in [5, 5.41) is 10.6. The highest BCUT2D eigenvalue weighted by Crippen LogP contribution is 2.02. The number of nitrogens with zero attached hydrogens (tertiary/aromatic N) is 3. The Labute approximate surface area is 108 Å². The topological polar surface area (TPSA) is 85.8 Å². The number of amides is 1. The maximum absolute atomic E-state index is 11.7. The average molecular weight is 253 g/mol. The van der Waals surface area contributed by atoms with E-state index < -0.39 is 0 Å². The fourth-order valence-electron chi connectivity index (χ4n) is 1.75. The molecule has 0 bridgehead atoms. The van der Waals surface area contributed by atoms with Crippen LogP contribution in [0.5, 0.6) is 0 Å². The third kappa shape index (κ3) is 5.27. The minimum Gasteiger partial charge on any atom is -0.352 e. The van der Waals surface area contributed by atoms with E-state index >= 15 is 0 Å². The van der Waals surface area contributed by atoms with Crippen molar-refractivity contribution in [2.45, 2.75) is 58.7 Å². The van der Waals surface area contributed by atoms with Gasteiger partial charge in [0.1, 0.15) is 6.54 Å². The summed E-state index contributed by atoms with van der Waals surface area (Å²) in [4.78, 5) is 11.7. The standard InChI is InChI=1S/C12H23N5O/c1-3-4-5-6-10(2)14-12(18)9-17-8-11(7-13)15-16-17/h8,10H,3-7,9,13H2,1-2H3,(H,14,18). The SMILES string of the molecule is CCCCCC(C)NC(=O)Cn1cc(CN)nn1. The molecule has 6 heteroatoms. The minimum atomic E-state index is -0.0348. The van der Waals surface area contributed by atoms with Gasteiger partial charge in [-0.25, -0.2) is 4.68 Å². The second kappa shape index (κ2) is 7.81. The van der Waals surface area contributed by atoms with Gasteiger partial charge in [-0.05, 0) is 13.3 Å². The van der Waals surface area contributed by atoms with Crippen molar-refractivity contribution in [2.75, 3.05) is 0 Å². The van der Waals surface area contributed by atoms with Crippen molar-refractivity contribution in [3.05, 3.63) is 11.9 Å². The van der Waals surface area contributed by atoms with Crippen molar-refractivity contribution < 1.29 is 4.79 Å². The molecule has 1 aromatic rings. The Morgan fingerprint density at radius 3 is 2.94 bits per heavy atom. The lowest BCUT2D eigenvalue weighted by Gasteiger charge is -2.13. The van der Waals surface area contributed by atoms with E-state index in [4.69, 9.17) is 5.73 Å². The first-order valence-corrected chi connectivity index (χ1v) is 6.54. The molecule has 0 aromatic carbocycles. The van der Waals surface area contributed by atoms with Crippen molar-refractivity contribution >= 4 is 5.91 Å². The van der Waals surface area contributed by atoms with Crippen molar-refractivity contribution in [2.24, 2.45) is 5.73 Å². The molecule has 0 aliphatic carbocycles. The highest BCUT2D eigenvalue weighted by Gasteiger charge is 2.08. The zero-order valence-corrected chi connectivity index (χ0v) is 11.2. The Kier molecular flexibility index (Phi) is 6.35. The van der Waals surface area contributed by atoms with E-state index in [1.54, 1.807) is 6.20 Å². The molecular formula is C12H23N5O. The molecule has 102 valence electrons. The lowest BCUT2D eigenvalue weighted by Crippen LogP contribution is -2.35. The Bertz CT molecular complexity index is 363. The van der Waals surface area contributed by atoms with Gasteiger partial charge in [-0.2, -0.15) is 0 Å². The number of carbonyl (C=O) groups excluding carboxylic acids is 1. The second-order valence-corrected chi connectivity index (χ2v) is 4.58. The van der Waals surface area contributed by atoms with Crippen LogP contribution in [0.1, 0.15) is 45.2 Å². The summed E-state index contributed by atoms with van der Waals surface area (Å²) in [6.07, 6.45) is 6.27. The molecule has 3 N–H and O–H groups in total. The van der Waals surface area contributed by atoms with Crippen LogP contribution in [0.15, 0.2) is 6.20 Å². The summed E-state index contributed by atoms with van der Waals surface area (Å²) in [6.45, 7) is 4.74. The van der Waals surface area contributed by atoms with Crippen LogP contribution in [0.4, 0.5) is 0 Å². The van der Waals surface area contributed by atoms with Gasteiger partial charge in [-0.3, -0.25) is 4.79 Å².